The Morgan fingerprint density at radius 1 is 1.29 bits per heavy atom. The predicted molar refractivity (Wildman–Crippen MR) is 61.4 cm³/mol. The molecule has 0 amide bonds. The molecule has 0 aliphatic carbocycles. The van der Waals surface area contributed by atoms with Crippen LogP contribution in [0.25, 0.3) is 0 Å². The highest BCUT2D eigenvalue weighted by molar-refractivity contribution is 6.18. The molecule has 1 unspecified atom stereocenters. The highest BCUT2D eigenvalue weighted by Crippen LogP contribution is 2.20. The Morgan fingerprint density at radius 2 is 1.93 bits per heavy atom. The first-order valence-corrected chi connectivity index (χ1v) is 5.60. The van der Waals surface area contributed by atoms with Crippen molar-refractivity contribution in [3.05, 3.63) is 29.8 Å². The fourth-order valence-corrected chi connectivity index (χ4v) is 1.38. The zero-order valence-electron chi connectivity index (χ0n) is 8.79. The second kappa shape index (κ2) is 5.92. The van der Waals surface area contributed by atoms with Crippen molar-refractivity contribution >= 4 is 11.6 Å². The lowest BCUT2D eigenvalue weighted by atomic mass is 10.0. The van der Waals surface area contributed by atoms with Crippen molar-refractivity contribution in [2.24, 2.45) is 0 Å². The van der Waals surface area contributed by atoms with Crippen LogP contribution in [0.1, 0.15) is 31.7 Å². The highest BCUT2D eigenvalue weighted by Gasteiger charge is 2.03. The van der Waals surface area contributed by atoms with E-state index in [0.29, 0.717) is 11.8 Å². The summed E-state index contributed by atoms with van der Waals surface area (Å²) in [5, 5.41) is 0. The van der Waals surface area contributed by atoms with E-state index in [1.165, 1.54) is 5.56 Å². The van der Waals surface area contributed by atoms with E-state index in [4.69, 9.17) is 16.3 Å². The molecule has 0 heterocycles. The Labute approximate surface area is 91.0 Å². The van der Waals surface area contributed by atoms with Gasteiger partial charge in [0, 0.05) is 5.88 Å². The molecule has 0 aromatic heterocycles. The van der Waals surface area contributed by atoms with Gasteiger partial charge in [0.1, 0.15) is 5.75 Å². The van der Waals surface area contributed by atoms with Gasteiger partial charge in [0.15, 0.2) is 0 Å². The molecular formula is C12H17ClO. The lowest BCUT2D eigenvalue weighted by molar-refractivity contribution is 0.317. The quantitative estimate of drug-likeness (QED) is 0.675. The van der Waals surface area contributed by atoms with Crippen LogP contribution >= 0.6 is 11.6 Å². The van der Waals surface area contributed by atoms with E-state index in [0.717, 1.165) is 18.8 Å². The molecule has 1 rings (SSSR count). The van der Waals surface area contributed by atoms with Gasteiger partial charge < -0.3 is 4.74 Å². The van der Waals surface area contributed by atoms with Gasteiger partial charge in [-0.1, -0.05) is 26.0 Å². The topological polar surface area (TPSA) is 9.23 Å². The molecular weight excluding hydrogens is 196 g/mol. The third kappa shape index (κ3) is 3.22. The minimum absolute atomic E-state index is 0.414. The summed E-state index contributed by atoms with van der Waals surface area (Å²) in [5.41, 5.74) is 1.27. The molecule has 0 N–H and O–H groups in total. The Hall–Kier alpha value is -0.690. The molecule has 1 aromatic rings. The third-order valence-electron chi connectivity index (χ3n) is 2.15. The molecule has 1 nitrogen and oxygen atoms in total. The second-order valence-electron chi connectivity index (χ2n) is 3.47. The molecule has 1 atom stereocenters. The van der Waals surface area contributed by atoms with Crippen LogP contribution in [0.5, 0.6) is 5.75 Å². The van der Waals surface area contributed by atoms with Crippen molar-refractivity contribution in [1.82, 2.24) is 0 Å². The maximum absolute atomic E-state index is 5.78. The highest BCUT2D eigenvalue weighted by atomic mass is 35.5. The standard InChI is InChI=1S/C12H17ClO/c1-3-8-14-12-6-4-11(5-7-12)10(2)9-13/h4-7,10H,3,8-9H2,1-2H3. The molecule has 0 radical (unpaired) electrons. The first-order chi connectivity index (χ1) is 6.77. The van der Waals surface area contributed by atoms with Crippen LogP contribution < -0.4 is 4.74 Å². The summed E-state index contributed by atoms with van der Waals surface area (Å²) in [6.45, 7) is 5.00. The number of ether oxygens (including phenoxy) is 1. The van der Waals surface area contributed by atoms with Gasteiger partial charge in [-0.3, -0.25) is 0 Å². The first-order valence-electron chi connectivity index (χ1n) is 5.06. The van der Waals surface area contributed by atoms with Gasteiger partial charge >= 0.3 is 0 Å². The zero-order chi connectivity index (χ0) is 10.4. The van der Waals surface area contributed by atoms with Gasteiger partial charge in [0.05, 0.1) is 6.61 Å². The minimum atomic E-state index is 0.414. The van der Waals surface area contributed by atoms with Gasteiger partial charge in [-0.15, -0.1) is 11.6 Å². The van der Waals surface area contributed by atoms with E-state index in [-0.39, 0.29) is 0 Å². The van der Waals surface area contributed by atoms with Crippen molar-refractivity contribution in [3.63, 3.8) is 0 Å². The summed E-state index contributed by atoms with van der Waals surface area (Å²) in [5.74, 6) is 2.02. The normalized spacial score (nSPS) is 12.5. The monoisotopic (exact) mass is 212 g/mol. The number of halogens is 1. The van der Waals surface area contributed by atoms with E-state index < -0.39 is 0 Å². The maximum Gasteiger partial charge on any atom is 0.119 e. The lowest BCUT2D eigenvalue weighted by Gasteiger charge is -2.09. The number of benzene rings is 1. The first kappa shape index (κ1) is 11.4. The Balaban J connectivity index is 2.59. The summed E-state index contributed by atoms with van der Waals surface area (Å²) >= 11 is 5.78. The van der Waals surface area contributed by atoms with Crippen LogP contribution in [-0.2, 0) is 0 Å². The zero-order valence-corrected chi connectivity index (χ0v) is 9.55. The Bertz CT molecular complexity index is 256. The predicted octanol–water partition coefficient (Wildman–Crippen LogP) is 3.82. The summed E-state index contributed by atoms with van der Waals surface area (Å²) < 4.78 is 5.49. The van der Waals surface area contributed by atoms with Gasteiger partial charge in [-0.25, -0.2) is 0 Å². The van der Waals surface area contributed by atoms with Crippen LogP contribution in [0.3, 0.4) is 0 Å². The average molecular weight is 213 g/mol. The van der Waals surface area contributed by atoms with Gasteiger partial charge in [-0.05, 0) is 30.0 Å². The van der Waals surface area contributed by atoms with Crippen LogP contribution in [-0.4, -0.2) is 12.5 Å². The average Bonchev–Trinajstić information content (AvgIpc) is 2.26. The number of hydrogen-bond donors (Lipinski definition) is 0. The molecule has 1 aromatic carbocycles. The largest absolute Gasteiger partial charge is 0.494 e. The Morgan fingerprint density at radius 3 is 2.43 bits per heavy atom. The summed E-state index contributed by atoms with van der Waals surface area (Å²) in [6.07, 6.45) is 1.04. The van der Waals surface area contributed by atoms with Crippen molar-refractivity contribution < 1.29 is 4.74 Å². The van der Waals surface area contributed by atoms with Crippen molar-refractivity contribution in [2.75, 3.05) is 12.5 Å². The lowest BCUT2D eigenvalue weighted by Crippen LogP contribution is -1.97. The van der Waals surface area contributed by atoms with E-state index in [2.05, 4.69) is 26.0 Å². The number of alkyl halides is 1. The van der Waals surface area contributed by atoms with Crippen molar-refractivity contribution in [3.8, 4) is 5.75 Å². The molecule has 0 spiro atoms. The molecule has 0 aliphatic heterocycles. The van der Waals surface area contributed by atoms with E-state index >= 15 is 0 Å². The minimum Gasteiger partial charge on any atom is -0.494 e. The van der Waals surface area contributed by atoms with E-state index in [9.17, 15) is 0 Å². The summed E-state index contributed by atoms with van der Waals surface area (Å²) in [4.78, 5) is 0. The van der Waals surface area contributed by atoms with Crippen molar-refractivity contribution in [2.45, 2.75) is 26.2 Å². The smallest absolute Gasteiger partial charge is 0.119 e. The molecule has 0 aliphatic rings. The molecule has 0 fully saturated rings. The third-order valence-corrected chi connectivity index (χ3v) is 2.62. The summed E-state index contributed by atoms with van der Waals surface area (Å²) in [7, 11) is 0. The summed E-state index contributed by atoms with van der Waals surface area (Å²) in [6, 6.07) is 8.18. The number of rotatable bonds is 5. The molecule has 2 heteroatoms. The van der Waals surface area contributed by atoms with E-state index in [1.807, 2.05) is 12.1 Å². The fourth-order valence-electron chi connectivity index (χ4n) is 1.20. The van der Waals surface area contributed by atoms with Crippen LogP contribution in [0, 0.1) is 0 Å². The SMILES string of the molecule is CCCOc1ccc(C(C)CCl)cc1. The van der Waals surface area contributed by atoms with Crippen molar-refractivity contribution in [1.29, 1.82) is 0 Å². The molecule has 0 saturated carbocycles. The molecule has 0 saturated heterocycles. The van der Waals surface area contributed by atoms with E-state index in [1.54, 1.807) is 0 Å². The van der Waals surface area contributed by atoms with Crippen LogP contribution in [0.15, 0.2) is 24.3 Å². The fraction of sp³-hybridized carbons (Fsp3) is 0.500. The number of hydrogen-bond acceptors (Lipinski definition) is 1. The maximum atomic E-state index is 5.78. The van der Waals surface area contributed by atoms with Crippen LogP contribution in [0.4, 0.5) is 0 Å². The Kier molecular flexibility index (Phi) is 4.81. The molecule has 0 bridgehead atoms. The van der Waals surface area contributed by atoms with Crippen LogP contribution in [0.2, 0.25) is 0 Å². The van der Waals surface area contributed by atoms with Gasteiger partial charge in [-0.2, -0.15) is 0 Å². The van der Waals surface area contributed by atoms with Gasteiger partial charge in [0.25, 0.3) is 0 Å². The van der Waals surface area contributed by atoms with Gasteiger partial charge in [0.2, 0.25) is 0 Å². The molecule has 78 valence electrons. The second-order valence-corrected chi connectivity index (χ2v) is 3.78. The molecule has 14 heavy (non-hydrogen) atoms.